The zero-order valence-corrected chi connectivity index (χ0v) is 9.34. The van der Waals surface area contributed by atoms with Crippen molar-refractivity contribution < 1.29 is 0 Å². The Balaban J connectivity index is 2.63. The lowest BCUT2D eigenvalue weighted by atomic mass is 10.3. The molecule has 0 saturated heterocycles. The minimum atomic E-state index is 1.12. The lowest BCUT2D eigenvalue weighted by Gasteiger charge is -1.99. The van der Waals surface area contributed by atoms with E-state index in [-0.39, 0.29) is 0 Å². The van der Waals surface area contributed by atoms with E-state index in [0.717, 1.165) is 5.75 Å². The molecule has 0 N–H and O–H groups in total. The highest BCUT2D eigenvalue weighted by atomic mass is 32.2. The highest BCUT2D eigenvalue weighted by Crippen LogP contribution is 2.32. The Bertz CT molecular complexity index is 420. The van der Waals surface area contributed by atoms with Gasteiger partial charge in [-0.25, -0.2) is 0 Å². The highest BCUT2D eigenvalue weighted by Gasteiger charge is 2.05. The first-order chi connectivity index (χ1) is 6.33. The maximum Gasteiger partial charge on any atom is 0.0850 e. The van der Waals surface area contributed by atoms with Crippen LogP contribution in [0.15, 0.2) is 22.5 Å². The lowest BCUT2D eigenvalue weighted by Crippen LogP contribution is -1.78. The molecule has 3 heteroatoms. The lowest BCUT2D eigenvalue weighted by molar-refractivity contribution is 1.34. The number of hydrogen-bond acceptors (Lipinski definition) is 3. The number of fused-ring (bicyclic) bond motifs is 1. The van der Waals surface area contributed by atoms with E-state index in [1.54, 1.807) is 11.3 Å². The van der Waals surface area contributed by atoms with Crippen LogP contribution in [0, 0.1) is 6.92 Å². The molecular weight excluding hydrogens is 198 g/mol. The molecule has 0 aliphatic heterocycles. The Labute approximate surface area is 86.2 Å². The summed E-state index contributed by atoms with van der Waals surface area (Å²) >= 11 is 3.69. The van der Waals surface area contributed by atoms with Crippen LogP contribution in [-0.2, 0) is 0 Å². The first-order valence-electron chi connectivity index (χ1n) is 4.28. The third kappa shape index (κ3) is 1.58. The molecule has 2 rings (SSSR count). The number of rotatable bonds is 2. The molecule has 0 spiro atoms. The van der Waals surface area contributed by atoms with E-state index in [1.165, 1.54) is 20.7 Å². The molecule has 2 heterocycles. The second-order valence-electron chi connectivity index (χ2n) is 2.84. The molecule has 0 saturated carbocycles. The van der Waals surface area contributed by atoms with E-state index < -0.39 is 0 Å². The number of hydrogen-bond donors (Lipinski definition) is 0. The van der Waals surface area contributed by atoms with Crippen molar-refractivity contribution in [1.82, 2.24) is 4.98 Å². The van der Waals surface area contributed by atoms with Gasteiger partial charge in [-0.15, -0.1) is 23.1 Å². The molecule has 13 heavy (non-hydrogen) atoms. The van der Waals surface area contributed by atoms with Gasteiger partial charge < -0.3 is 0 Å². The van der Waals surface area contributed by atoms with Crippen LogP contribution in [-0.4, -0.2) is 10.7 Å². The molecule has 2 aromatic rings. The predicted octanol–water partition coefficient (Wildman–Crippen LogP) is 3.72. The van der Waals surface area contributed by atoms with E-state index in [1.807, 2.05) is 18.0 Å². The fraction of sp³-hybridized carbons (Fsp3) is 0.300. The number of pyridine rings is 1. The Morgan fingerprint density at radius 1 is 1.54 bits per heavy atom. The molecule has 0 aliphatic rings. The highest BCUT2D eigenvalue weighted by molar-refractivity contribution is 7.99. The Kier molecular flexibility index (Phi) is 2.56. The Hall–Kier alpha value is -0.540. The van der Waals surface area contributed by atoms with Crippen molar-refractivity contribution >= 4 is 33.3 Å². The van der Waals surface area contributed by atoms with Crippen molar-refractivity contribution in [3.8, 4) is 0 Å². The minimum Gasteiger partial charge on any atom is -0.255 e. The van der Waals surface area contributed by atoms with Crippen LogP contribution in [0.1, 0.15) is 12.5 Å². The summed E-state index contributed by atoms with van der Waals surface area (Å²) < 4.78 is 1.34. The van der Waals surface area contributed by atoms with Gasteiger partial charge in [0.2, 0.25) is 0 Å². The molecule has 0 fully saturated rings. The quantitative estimate of drug-likeness (QED) is 0.699. The molecule has 0 aromatic carbocycles. The molecular formula is C10H11NS2. The average molecular weight is 209 g/mol. The molecule has 68 valence electrons. The van der Waals surface area contributed by atoms with Crippen LogP contribution in [0.2, 0.25) is 0 Å². The van der Waals surface area contributed by atoms with Crippen molar-refractivity contribution in [2.24, 2.45) is 0 Å². The van der Waals surface area contributed by atoms with Gasteiger partial charge in [0.25, 0.3) is 0 Å². The number of thioether (sulfide) groups is 1. The van der Waals surface area contributed by atoms with Crippen molar-refractivity contribution in [2.45, 2.75) is 18.7 Å². The monoisotopic (exact) mass is 209 g/mol. The van der Waals surface area contributed by atoms with Gasteiger partial charge >= 0.3 is 0 Å². The Morgan fingerprint density at radius 2 is 2.38 bits per heavy atom. The molecule has 0 bridgehead atoms. The van der Waals surface area contributed by atoms with Crippen LogP contribution in [0.3, 0.4) is 0 Å². The van der Waals surface area contributed by atoms with Crippen LogP contribution < -0.4 is 0 Å². The normalized spacial score (nSPS) is 10.9. The third-order valence-corrected chi connectivity index (χ3v) is 4.08. The van der Waals surface area contributed by atoms with Crippen LogP contribution >= 0.6 is 23.1 Å². The zero-order valence-electron chi connectivity index (χ0n) is 7.70. The van der Waals surface area contributed by atoms with Gasteiger partial charge in [0.05, 0.1) is 10.2 Å². The number of thiophene rings is 1. The van der Waals surface area contributed by atoms with Crippen molar-refractivity contribution in [3.63, 3.8) is 0 Å². The summed E-state index contributed by atoms with van der Waals surface area (Å²) in [5.74, 6) is 1.12. The van der Waals surface area contributed by atoms with Gasteiger partial charge in [-0.1, -0.05) is 6.92 Å². The van der Waals surface area contributed by atoms with Crippen LogP contribution in [0.25, 0.3) is 10.2 Å². The van der Waals surface area contributed by atoms with E-state index in [9.17, 15) is 0 Å². The van der Waals surface area contributed by atoms with Gasteiger partial charge in [-0.3, -0.25) is 4.98 Å². The molecule has 0 radical (unpaired) electrons. The first-order valence-corrected chi connectivity index (χ1v) is 6.15. The maximum absolute atomic E-state index is 4.38. The molecule has 0 amide bonds. The van der Waals surface area contributed by atoms with E-state index in [4.69, 9.17) is 0 Å². The number of nitrogens with zero attached hydrogens (tertiary/aromatic N) is 1. The molecule has 2 aromatic heterocycles. The number of aryl methyl sites for hydroxylation is 1. The van der Waals surface area contributed by atoms with E-state index in [0.29, 0.717) is 0 Å². The standard InChI is InChI=1S/C10H11NS2/c1-3-12-8-4-5-11-9-7(2)6-13-10(8)9/h4-6H,3H2,1-2H3. The second kappa shape index (κ2) is 3.68. The minimum absolute atomic E-state index is 1.12. The smallest absolute Gasteiger partial charge is 0.0850 e. The van der Waals surface area contributed by atoms with Crippen molar-refractivity contribution in [2.75, 3.05) is 5.75 Å². The topological polar surface area (TPSA) is 12.9 Å². The van der Waals surface area contributed by atoms with Gasteiger partial charge in [0.1, 0.15) is 0 Å². The van der Waals surface area contributed by atoms with Crippen molar-refractivity contribution in [1.29, 1.82) is 0 Å². The third-order valence-electron chi connectivity index (χ3n) is 1.90. The molecule has 1 nitrogen and oxygen atoms in total. The summed E-state index contributed by atoms with van der Waals surface area (Å²) in [7, 11) is 0. The summed E-state index contributed by atoms with van der Waals surface area (Å²) in [5.41, 5.74) is 2.46. The molecule has 0 aliphatic carbocycles. The first kappa shape index (κ1) is 9.03. The zero-order chi connectivity index (χ0) is 9.26. The summed E-state index contributed by atoms with van der Waals surface area (Å²) in [5, 5.41) is 2.18. The van der Waals surface area contributed by atoms with E-state index >= 15 is 0 Å². The average Bonchev–Trinajstić information content (AvgIpc) is 2.50. The fourth-order valence-corrected chi connectivity index (χ4v) is 3.23. The van der Waals surface area contributed by atoms with Gasteiger partial charge in [-0.05, 0) is 29.7 Å². The predicted molar refractivity (Wildman–Crippen MR) is 60.8 cm³/mol. The SMILES string of the molecule is CCSc1ccnc2c(C)csc12. The second-order valence-corrected chi connectivity index (χ2v) is 5.02. The summed E-state index contributed by atoms with van der Waals surface area (Å²) in [4.78, 5) is 5.75. The Morgan fingerprint density at radius 3 is 3.15 bits per heavy atom. The van der Waals surface area contributed by atoms with Gasteiger partial charge in [-0.2, -0.15) is 0 Å². The van der Waals surface area contributed by atoms with Gasteiger partial charge in [0.15, 0.2) is 0 Å². The van der Waals surface area contributed by atoms with Crippen LogP contribution in [0.5, 0.6) is 0 Å². The van der Waals surface area contributed by atoms with Crippen molar-refractivity contribution in [3.05, 3.63) is 23.2 Å². The molecule has 0 atom stereocenters. The summed E-state index contributed by atoms with van der Waals surface area (Å²) in [6.45, 7) is 4.30. The molecule has 0 unspecified atom stereocenters. The fourth-order valence-electron chi connectivity index (χ4n) is 1.30. The van der Waals surface area contributed by atoms with Gasteiger partial charge in [0, 0.05) is 11.1 Å². The number of aromatic nitrogens is 1. The summed E-state index contributed by atoms with van der Waals surface area (Å²) in [6.07, 6.45) is 1.90. The van der Waals surface area contributed by atoms with Crippen LogP contribution in [0.4, 0.5) is 0 Å². The van der Waals surface area contributed by atoms with E-state index in [2.05, 4.69) is 30.3 Å². The maximum atomic E-state index is 4.38. The largest absolute Gasteiger partial charge is 0.255 e. The summed E-state index contributed by atoms with van der Waals surface area (Å²) in [6, 6.07) is 2.10.